The second-order valence-corrected chi connectivity index (χ2v) is 3.92. The molecular weight excluding hydrogens is 190 g/mol. The Kier molecular flexibility index (Phi) is 2.23. The summed E-state index contributed by atoms with van der Waals surface area (Å²) in [7, 11) is 0. The first-order valence-corrected chi connectivity index (χ1v) is 4.91. The Morgan fingerprint density at radius 2 is 2.00 bits per heavy atom. The van der Waals surface area contributed by atoms with Crippen molar-refractivity contribution in [3.63, 3.8) is 0 Å². The lowest BCUT2D eigenvalue weighted by atomic mass is 9.99. The van der Waals surface area contributed by atoms with Crippen molar-refractivity contribution in [1.29, 1.82) is 0 Å². The van der Waals surface area contributed by atoms with Crippen molar-refractivity contribution < 1.29 is 4.42 Å². The van der Waals surface area contributed by atoms with Crippen molar-refractivity contribution in [2.45, 2.75) is 19.8 Å². The molecular formula is C12H13NO2. The molecule has 15 heavy (non-hydrogen) atoms. The van der Waals surface area contributed by atoms with Crippen LogP contribution in [0.4, 0.5) is 5.88 Å². The zero-order valence-corrected chi connectivity index (χ0v) is 8.78. The molecule has 0 amide bonds. The maximum Gasteiger partial charge on any atom is 0.190 e. The number of nitrogen functional groups attached to an aromatic ring is 1. The molecule has 2 rings (SSSR count). The highest BCUT2D eigenvalue weighted by Crippen LogP contribution is 2.24. The van der Waals surface area contributed by atoms with Crippen molar-refractivity contribution in [3.8, 4) is 11.3 Å². The van der Waals surface area contributed by atoms with Crippen LogP contribution in [0.2, 0.25) is 0 Å². The van der Waals surface area contributed by atoms with Gasteiger partial charge in [0.1, 0.15) is 5.76 Å². The Morgan fingerprint density at radius 3 is 2.67 bits per heavy atom. The van der Waals surface area contributed by atoms with Gasteiger partial charge in [-0.15, -0.1) is 0 Å². The molecule has 0 atom stereocenters. The standard InChI is InChI=1S/C12H13NO2/c1-7(2)8-5-10(14)9-3-4-12(13)15-11(9)6-8/h3-7H,13H2,1-2H3. The van der Waals surface area contributed by atoms with Crippen LogP contribution in [0.1, 0.15) is 25.3 Å². The van der Waals surface area contributed by atoms with Crippen LogP contribution in [0.25, 0.3) is 11.3 Å². The summed E-state index contributed by atoms with van der Waals surface area (Å²) in [5, 5.41) is 0. The molecule has 0 radical (unpaired) electrons. The number of fused-ring (bicyclic) bond motifs is 1. The maximum atomic E-state index is 11.7. The Hall–Kier alpha value is -1.77. The molecule has 0 bridgehead atoms. The van der Waals surface area contributed by atoms with Crippen LogP contribution in [0.3, 0.4) is 0 Å². The van der Waals surface area contributed by atoms with E-state index in [-0.39, 0.29) is 5.43 Å². The fourth-order valence-corrected chi connectivity index (χ4v) is 1.53. The molecule has 0 unspecified atom stereocenters. The average molecular weight is 203 g/mol. The van der Waals surface area contributed by atoms with E-state index < -0.39 is 0 Å². The molecule has 2 N–H and O–H groups in total. The first-order chi connectivity index (χ1) is 7.08. The Labute approximate surface area is 87.9 Å². The van der Waals surface area contributed by atoms with Gasteiger partial charge in [-0.05, 0) is 35.7 Å². The second-order valence-electron chi connectivity index (χ2n) is 3.92. The molecule has 0 spiro atoms. The largest absolute Gasteiger partial charge is 0.441 e. The van der Waals surface area contributed by atoms with Crippen molar-refractivity contribution >= 4 is 5.88 Å². The minimum atomic E-state index is -0.0139. The van der Waals surface area contributed by atoms with E-state index in [0.717, 1.165) is 5.56 Å². The van der Waals surface area contributed by atoms with Crippen molar-refractivity contribution in [2.24, 2.45) is 0 Å². The Bertz CT molecular complexity index is 514. The first kappa shape index (κ1) is 9.77. The van der Waals surface area contributed by atoms with Crippen LogP contribution in [-0.2, 0) is 0 Å². The average Bonchev–Trinajstić information content (AvgIpc) is 2.16. The van der Waals surface area contributed by atoms with Gasteiger partial charge in [0.2, 0.25) is 0 Å². The van der Waals surface area contributed by atoms with Gasteiger partial charge >= 0.3 is 0 Å². The van der Waals surface area contributed by atoms with Gasteiger partial charge in [-0.2, -0.15) is 0 Å². The topological polar surface area (TPSA) is 56.2 Å². The molecule has 0 saturated heterocycles. The van der Waals surface area contributed by atoms with Gasteiger partial charge in [-0.3, -0.25) is 4.79 Å². The summed E-state index contributed by atoms with van der Waals surface area (Å²) >= 11 is 0. The molecule has 1 heterocycles. The second kappa shape index (κ2) is 3.42. The normalized spacial score (nSPS) is 11.1. The maximum absolute atomic E-state index is 11.7. The van der Waals surface area contributed by atoms with Crippen LogP contribution < -0.4 is 11.2 Å². The van der Waals surface area contributed by atoms with E-state index >= 15 is 0 Å². The summed E-state index contributed by atoms with van der Waals surface area (Å²) in [4.78, 5) is 11.7. The van der Waals surface area contributed by atoms with E-state index in [1.165, 1.54) is 0 Å². The van der Waals surface area contributed by atoms with E-state index in [4.69, 9.17) is 10.2 Å². The number of nitrogens with two attached hydrogens (primary N) is 1. The number of anilines is 1. The summed E-state index contributed by atoms with van der Waals surface area (Å²) in [6.45, 7) is 4.07. The minimum absolute atomic E-state index is 0.0139. The van der Waals surface area contributed by atoms with E-state index in [2.05, 4.69) is 0 Å². The molecule has 2 aliphatic rings. The lowest BCUT2D eigenvalue weighted by Crippen LogP contribution is -2.07. The zero-order valence-electron chi connectivity index (χ0n) is 8.78. The van der Waals surface area contributed by atoms with Crippen molar-refractivity contribution in [3.05, 3.63) is 40.1 Å². The number of hydrogen-bond acceptors (Lipinski definition) is 3. The third kappa shape index (κ3) is 1.73. The molecule has 0 saturated carbocycles. The molecule has 1 aliphatic carbocycles. The van der Waals surface area contributed by atoms with Crippen molar-refractivity contribution in [2.75, 3.05) is 5.73 Å². The predicted octanol–water partition coefficient (Wildman–Crippen LogP) is 2.45. The van der Waals surface area contributed by atoms with Crippen LogP contribution in [0, 0.1) is 0 Å². The molecule has 0 aromatic carbocycles. The fourth-order valence-electron chi connectivity index (χ4n) is 1.53. The molecule has 1 aliphatic heterocycles. The third-order valence-electron chi connectivity index (χ3n) is 2.44. The smallest absolute Gasteiger partial charge is 0.190 e. The lowest BCUT2D eigenvalue weighted by Gasteiger charge is -2.09. The predicted molar refractivity (Wildman–Crippen MR) is 60.1 cm³/mol. The SMILES string of the molecule is CC(C)c1cc2oc(N)ccc-2c(=O)c1. The molecule has 0 aromatic rings. The molecule has 3 heteroatoms. The summed E-state index contributed by atoms with van der Waals surface area (Å²) in [5.41, 5.74) is 7.07. The van der Waals surface area contributed by atoms with E-state index in [9.17, 15) is 4.79 Å². The highest BCUT2D eigenvalue weighted by molar-refractivity contribution is 5.61. The summed E-state index contributed by atoms with van der Waals surface area (Å²) < 4.78 is 5.31. The highest BCUT2D eigenvalue weighted by atomic mass is 16.3. The third-order valence-corrected chi connectivity index (χ3v) is 2.44. The lowest BCUT2D eigenvalue weighted by molar-refractivity contribution is 0.584. The van der Waals surface area contributed by atoms with E-state index in [1.807, 2.05) is 19.9 Å². The summed E-state index contributed by atoms with van der Waals surface area (Å²) in [6.07, 6.45) is 0. The Balaban J connectivity index is 2.75. The highest BCUT2D eigenvalue weighted by Gasteiger charge is 2.12. The molecule has 3 nitrogen and oxygen atoms in total. The van der Waals surface area contributed by atoms with Gasteiger partial charge in [0, 0.05) is 0 Å². The number of rotatable bonds is 1. The van der Waals surface area contributed by atoms with E-state index in [0.29, 0.717) is 23.1 Å². The molecule has 0 fully saturated rings. The monoisotopic (exact) mass is 203 g/mol. The van der Waals surface area contributed by atoms with Gasteiger partial charge in [0.25, 0.3) is 0 Å². The van der Waals surface area contributed by atoms with Crippen LogP contribution in [0.5, 0.6) is 0 Å². The fraction of sp³-hybridized carbons (Fsp3) is 0.250. The molecule has 78 valence electrons. The van der Waals surface area contributed by atoms with Crippen LogP contribution in [0.15, 0.2) is 33.5 Å². The van der Waals surface area contributed by atoms with Crippen molar-refractivity contribution in [1.82, 2.24) is 0 Å². The minimum Gasteiger partial charge on any atom is -0.441 e. The molecule has 0 aromatic heterocycles. The van der Waals surface area contributed by atoms with Crippen LogP contribution >= 0.6 is 0 Å². The first-order valence-electron chi connectivity index (χ1n) is 4.91. The van der Waals surface area contributed by atoms with Crippen LogP contribution in [-0.4, -0.2) is 0 Å². The van der Waals surface area contributed by atoms with E-state index in [1.54, 1.807) is 18.2 Å². The zero-order chi connectivity index (χ0) is 11.0. The van der Waals surface area contributed by atoms with Gasteiger partial charge in [-0.1, -0.05) is 13.8 Å². The summed E-state index contributed by atoms with van der Waals surface area (Å²) in [5.74, 6) is 1.19. The van der Waals surface area contributed by atoms with Gasteiger partial charge < -0.3 is 10.2 Å². The summed E-state index contributed by atoms with van der Waals surface area (Å²) in [6, 6.07) is 6.82. The Morgan fingerprint density at radius 1 is 1.27 bits per heavy atom. The van der Waals surface area contributed by atoms with Gasteiger partial charge in [0.05, 0.1) is 5.56 Å². The quantitative estimate of drug-likeness (QED) is 0.774. The number of hydrogen-bond donors (Lipinski definition) is 1. The van der Waals surface area contributed by atoms with Gasteiger partial charge in [-0.25, -0.2) is 0 Å². The van der Waals surface area contributed by atoms with Gasteiger partial charge in [0.15, 0.2) is 11.3 Å². The number of benzene rings is 1.